The number of nitrogens with zero attached hydrogens (tertiary/aromatic N) is 1. The Bertz CT molecular complexity index is 762. The first-order valence-electron chi connectivity index (χ1n) is 8.31. The van der Waals surface area contributed by atoms with Gasteiger partial charge in [0.1, 0.15) is 0 Å². The minimum atomic E-state index is -0.752. The van der Waals surface area contributed by atoms with Crippen LogP contribution in [0.25, 0.3) is 11.1 Å². The Morgan fingerprint density at radius 1 is 1.12 bits per heavy atom. The third-order valence-corrected chi connectivity index (χ3v) is 4.95. The first-order chi connectivity index (χ1) is 11.6. The summed E-state index contributed by atoms with van der Waals surface area (Å²) in [5.41, 5.74) is 1.07. The molecule has 1 fully saturated rings. The van der Waals surface area contributed by atoms with Gasteiger partial charge in [0.25, 0.3) is 5.56 Å². The lowest BCUT2D eigenvalue weighted by molar-refractivity contribution is -0.151. The van der Waals surface area contributed by atoms with E-state index in [0.717, 1.165) is 11.1 Å². The molecular weight excluding hydrogens is 304 g/mol. The SMILES string of the molecule is O=C(O)C1(CCn2ccc(-c3ccccc3)cc2=O)CCNCC1. The quantitative estimate of drug-likeness (QED) is 0.885. The molecule has 0 saturated carbocycles. The van der Waals surface area contributed by atoms with E-state index in [9.17, 15) is 14.7 Å². The number of hydrogen-bond acceptors (Lipinski definition) is 3. The summed E-state index contributed by atoms with van der Waals surface area (Å²) in [6.45, 7) is 1.86. The van der Waals surface area contributed by atoms with Crippen LogP contribution >= 0.6 is 0 Å². The van der Waals surface area contributed by atoms with Crippen LogP contribution < -0.4 is 10.9 Å². The highest BCUT2D eigenvalue weighted by Gasteiger charge is 2.39. The van der Waals surface area contributed by atoms with E-state index >= 15 is 0 Å². The van der Waals surface area contributed by atoms with Gasteiger partial charge in [-0.15, -0.1) is 0 Å². The van der Waals surface area contributed by atoms with Crippen molar-refractivity contribution >= 4 is 5.97 Å². The number of benzene rings is 1. The molecule has 3 rings (SSSR count). The van der Waals surface area contributed by atoms with Gasteiger partial charge in [0, 0.05) is 18.8 Å². The van der Waals surface area contributed by atoms with Crippen molar-refractivity contribution in [3.8, 4) is 11.1 Å². The molecule has 0 atom stereocenters. The lowest BCUT2D eigenvalue weighted by Crippen LogP contribution is -2.43. The molecule has 1 aliphatic heterocycles. The summed E-state index contributed by atoms with van der Waals surface area (Å²) < 4.78 is 1.61. The van der Waals surface area contributed by atoms with Crippen molar-refractivity contribution in [3.05, 3.63) is 59.0 Å². The van der Waals surface area contributed by atoms with E-state index in [4.69, 9.17) is 0 Å². The molecule has 1 aromatic heterocycles. The first-order valence-corrected chi connectivity index (χ1v) is 8.31. The molecule has 2 aromatic rings. The van der Waals surface area contributed by atoms with Crippen LogP contribution in [0, 0.1) is 5.41 Å². The van der Waals surface area contributed by atoms with Gasteiger partial charge < -0.3 is 15.0 Å². The van der Waals surface area contributed by atoms with Gasteiger partial charge in [-0.05, 0) is 49.5 Å². The summed E-state index contributed by atoms with van der Waals surface area (Å²) in [5, 5.41) is 12.8. The summed E-state index contributed by atoms with van der Waals surface area (Å²) in [7, 11) is 0. The fourth-order valence-corrected chi connectivity index (χ4v) is 3.31. The van der Waals surface area contributed by atoms with Crippen LogP contribution in [0.4, 0.5) is 0 Å². The Kier molecular flexibility index (Phi) is 4.81. The Hall–Kier alpha value is -2.40. The molecular formula is C19H22N2O3. The summed E-state index contributed by atoms with van der Waals surface area (Å²) in [5.74, 6) is -0.752. The smallest absolute Gasteiger partial charge is 0.309 e. The van der Waals surface area contributed by atoms with Crippen molar-refractivity contribution in [2.75, 3.05) is 13.1 Å². The van der Waals surface area contributed by atoms with E-state index in [1.165, 1.54) is 0 Å². The second-order valence-corrected chi connectivity index (χ2v) is 6.40. The Balaban J connectivity index is 1.76. The number of hydrogen-bond donors (Lipinski definition) is 2. The molecule has 0 bridgehead atoms. The van der Waals surface area contributed by atoms with Crippen LogP contribution in [0.1, 0.15) is 19.3 Å². The molecule has 126 valence electrons. The zero-order valence-electron chi connectivity index (χ0n) is 13.6. The van der Waals surface area contributed by atoms with Crippen molar-refractivity contribution in [2.24, 2.45) is 5.41 Å². The van der Waals surface area contributed by atoms with E-state index in [1.54, 1.807) is 16.8 Å². The Morgan fingerprint density at radius 2 is 1.83 bits per heavy atom. The number of aromatic nitrogens is 1. The average Bonchev–Trinajstić information content (AvgIpc) is 2.62. The molecule has 2 heterocycles. The molecule has 0 unspecified atom stereocenters. The highest BCUT2D eigenvalue weighted by Crippen LogP contribution is 2.33. The van der Waals surface area contributed by atoms with Crippen LogP contribution in [0.5, 0.6) is 0 Å². The molecule has 1 saturated heterocycles. The monoisotopic (exact) mass is 326 g/mol. The number of aryl methyl sites for hydroxylation is 1. The van der Waals surface area contributed by atoms with Crippen molar-refractivity contribution in [2.45, 2.75) is 25.8 Å². The predicted octanol–water partition coefficient (Wildman–Crippen LogP) is 2.36. The molecule has 0 aliphatic carbocycles. The molecule has 1 aliphatic rings. The van der Waals surface area contributed by atoms with E-state index in [2.05, 4.69) is 5.32 Å². The minimum absolute atomic E-state index is 0.0918. The van der Waals surface area contributed by atoms with Gasteiger partial charge in [-0.25, -0.2) is 0 Å². The number of aliphatic carboxylic acids is 1. The number of pyridine rings is 1. The maximum absolute atomic E-state index is 12.4. The normalized spacial score (nSPS) is 16.7. The number of carboxylic acid groups (broad SMARTS) is 1. The van der Waals surface area contributed by atoms with Crippen molar-refractivity contribution < 1.29 is 9.90 Å². The third kappa shape index (κ3) is 3.41. The molecule has 0 spiro atoms. The summed E-state index contributed by atoms with van der Waals surface area (Å²) >= 11 is 0. The number of piperidine rings is 1. The zero-order valence-corrected chi connectivity index (χ0v) is 13.6. The molecule has 5 heteroatoms. The maximum Gasteiger partial charge on any atom is 0.309 e. The van der Waals surface area contributed by atoms with E-state index in [0.29, 0.717) is 38.9 Å². The second kappa shape index (κ2) is 7.01. The molecule has 5 nitrogen and oxygen atoms in total. The van der Waals surface area contributed by atoms with Crippen LogP contribution in [-0.4, -0.2) is 28.7 Å². The lowest BCUT2D eigenvalue weighted by Gasteiger charge is -2.33. The van der Waals surface area contributed by atoms with Gasteiger partial charge in [-0.1, -0.05) is 30.3 Å². The maximum atomic E-state index is 12.4. The fraction of sp³-hybridized carbons (Fsp3) is 0.368. The van der Waals surface area contributed by atoms with Crippen LogP contribution in [0.15, 0.2) is 53.5 Å². The van der Waals surface area contributed by atoms with Crippen LogP contribution in [0.2, 0.25) is 0 Å². The van der Waals surface area contributed by atoms with Crippen molar-refractivity contribution in [3.63, 3.8) is 0 Å². The minimum Gasteiger partial charge on any atom is -0.481 e. The molecule has 2 N–H and O–H groups in total. The Morgan fingerprint density at radius 3 is 2.46 bits per heavy atom. The van der Waals surface area contributed by atoms with Crippen molar-refractivity contribution in [1.29, 1.82) is 0 Å². The fourth-order valence-electron chi connectivity index (χ4n) is 3.31. The number of carboxylic acids is 1. The van der Waals surface area contributed by atoms with Crippen LogP contribution in [-0.2, 0) is 11.3 Å². The Labute approximate surface area is 140 Å². The lowest BCUT2D eigenvalue weighted by atomic mass is 9.76. The molecule has 0 amide bonds. The zero-order chi connectivity index (χ0) is 17.0. The molecule has 1 aromatic carbocycles. The summed E-state index contributed by atoms with van der Waals surface area (Å²) in [4.78, 5) is 24.1. The van der Waals surface area contributed by atoms with E-state index in [-0.39, 0.29) is 5.56 Å². The predicted molar refractivity (Wildman–Crippen MR) is 92.9 cm³/mol. The van der Waals surface area contributed by atoms with Gasteiger partial charge in [0.05, 0.1) is 5.41 Å². The van der Waals surface area contributed by atoms with E-state index < -0.39 is 11.4 Å². The summed E-state index contributed by atoms with van der Waals surface area (Å²) in [6, 6.07) is 13.3. The van der Waals surface area contributed by atoms with Gasteiger partial charge >= 0.3 is 5.97 Å². The largest absolute Gasteiger partial charge is 0.481 e. The van der Waals surface area contributed by atoms with Crippen LogP contribution in [0.3, 0.4) is 0 Å². The molecule has 0 radical (unpaired) electrons. The van der Waals surface area contributed by atoms with Gasteiger partial charge in [0.15, 0.2) is 0 Å². The van der Waals surface area contributed by atoms with Gasteiger partial charge in [-0.3, -0.25) is 9.59 Å². The van der Waals surface area contributed by atoms with Gasteiger partial charge in [-0.2, -0.15) is 0 Å². The topological polar surface area (TPSA) is 71.3 Å². The molecule has 24 heavy (non-hydrogen) atoms. The van der Waals surface area contributed by atoms with E-state index in [1.807, 2.05) is 36.4 Å². The highest BCUT2D eigenvalue weighted by molar-refractivity contribution is 5.74. The average molecular weight is 326 g/mol. The van der Waals surface area contributed by atoms with Gasteiger partial charge in [0.2, 0.25) is 0 Å². The standard InChI is InChI=1S/C19H22N2O3/c22-17-14-16(15-4-2-1-3-5-15)6-12-21(17)13-9-19(18(23)24)7-10-20-11-8-19/h1-6,12,14,20H,7-11,13H2,(H,23,24). The first kappa shape index (κ1) is 16.5. The second-order valence-electron chi connectivity index (χ2n) is 6.40. The number of rotatable bonds is 5. The van der Waals surface area contributed by atoms with Crippen molar-refractivity contribution in [1.82, 2.24) is 9.88 Å². The summed E-state index contributed by atoms with van der Waals surface area (Å²) in [6.07, 6.45) is 3.47. The number of carbonyl (C=O) groups is 1. The highest BCUT2D eigenvalue weighted by atomic mass is 16.4. The third-order valence-electron chi connectivity index (χ3n) is 4.95. The number of nitrogens with one attached hydrogen (secondary N) is 1.